The maximum atomic E-state index is 5.95. The van der Waals surface area contributed by atoms with Gasteiger partial charge in [0.2, 0.25) is 0 Å². The summed E-state index contributed by atoms with van der Waals surface area (Å²) in [4.78, 5) is 0. The van der Waals surface area contributed by atoms with E-state index in [9.17, 15) is 0 Å². The Hall–Kier alpha value is -0.800. The minimum Gasteiger partial charge on any atom is -0.398 e. The Morgan fingerprint density at radius 3 is 2.00 bits per heavy atom. The molecule has 2 aromatic carbocycles. The van der Waals surface area contributed by atoms with Crippen LogP contribution in [0.3, 0.4) is 0 Å². The molecule has 2 N–H and O–H groups in total. The number of nitrogen functional groups attached to an aromatic ring is 1. The summed E-state index contributed by atoms with van der Waals surface area (Å²) in [7, 11) is 0. The van der Waals surface area contributed by atoms with Crippen molar-refractivity contribution in [2.75, 3.05) is 5.73 Å². The number of hydrogen-bond donors (Lipinski definition) is 1. The highest BCUT2D eigenvalue weighted by molar-refractivity contribution is 9.10. The van der Waals surface area contributed by atoms with Crippen LogP contribution in [-0.2, 0) is 0 Å². The molecule has 0 aromatic heterocycles. The summed E-state index contributed by atoms with van der Waals surface area (Å²) in [5.41, 5.74) is 8.92. The second kappa shape index (κ2) is 4.37. The molecule has 76 valence electrons. The Morgan fingerprint density at radius 1 is 0.800 bits per heavy atom. The zero-order valence-electron chi connectivity index (χ0n) is 7.87. The van der Waals surface area contributed by atoms with Crippen LogP contribution in [0.4, 0.5) is 5.69 Å². The summed E-state index contributed by atoms with van der Waals surface area (Å²) in [6.45, 7) is 0. The van der Waals surface area contributed by atoms with Gasteiger partial charge in [-0.3, -0.25) is 0 Å². The van der Waals surface area contributed by atoms with E-state index < -0.39 is 0 Å². The number of benzene rings is 2. The van der Waals surface area contributed by atoms with E-state index in [2.05, 4.69) is 31.9 Å². The molecule has 2 rings (SSSR count). The first-order chi connectivity index (χ1) is 7.16. The maximum absolute atomic E-state index is 5.95. The van der Waals surface area contributed by atoms with E-state index >= 15 is 0 Å². The standard InChI is InChI=1S/C12H9Br2N/c13-9-3-1-8(2-4-9)11-6-5-10(14)7-12(11)15/h1-7H,15H2. The molecule has 3 heteroatoms. The van der Waals surface area contributed by atoms with Gasteiger partial charge in [-0.15, -0.1) is 0 Å². The molecule has 1 nitrogen and oxygen atoms in total. The molecule has 0 saturated carbocycles. The Morgan fingerprint density at radius 2 is 1.40 bits per heavy atom. The zero-order chi connectivity index (χ0) is 10.8. The van der Waals surface area contributed by atoms with Crippen LogP contribution >= 0.6 is 31.9 Å². The normalized spacial score (nSPS) is 10.3. The number of rotatable bonds is 1. The van der Waals surface area contributed by atoms with E-state index in [0.717, 1.165) is 25.8 Å². The minimum absolute atomic E-state index is 0.784. The summed E-state index contributed by atoms with van der Waals surface area (Å²) in [6, 6.07) is 14.0. The Bertz CT molecular complexity index is 477. The summed E-state index contributed by atoms with van der Waals surface area (Å²) in [6.07, 6.45) is 0. The molecular formula is C12H9Br2N. The number of anilines is 1. The lowest BCUT2D eigenvalue weighted by Crippen LogP contribution is -1.89. The molecule has 0 amide bonds. The predicted octanol–water partition coefficient (Wildman–Crippen LogP) is 4.46. The van der Waals surface area contributed by atoms with Crippen LogP contribution in [0.5, 0.6) is 0 Å². The van der Waals surface area contributed by atoms with Crippen LogP contribution in [0.15, 0.2) is 51.4 Å². The number of halogens is 2. The maximum Gasteiger partial charge on any atom is 0.0405 e. The van der Waals surface area contributed by atoms with Gasteiger partial charge in [0.05, 0.1) is 0 Å². The molecular weight excluding hydrogens is 318 g/mol. The van der Waals surface area contributed by atoms with Crippen LogP contribution in [0.2, 0.25) is 0 Å². The Balaban J connectivity index is 2.49. The first-order valence-corrected chi connectivity index (χ1v) is 6.06. The van der Waals surface area contributed by atoms with Gasteiger partial charge < -0.3 is 5.73 Å². The average Bonchev–Trinajstić information content (AvgIpc) is 2.20. The van der Waals surface area contributed by atoms with Crippen molar-refractivity contribution in [2.24, 2.45) is 0 Å². The monoisotopic (exact) mass is 325 g/mol. The van der Waals surface area contributed by atoms with Gasteiger partial charge in [-0.1, -0.05) is 50.1 Å². The second-order valence-electron chi connectivity index (χ2n) is 3.24. The van der Waals surface area contributed by atoms with E-state index in [1.807, 2.05) is 42.5 Å². The van der Waals surface area contributed by atoms with E-state index in [0.29, 0.717) is 0 Å². The molecule has 0 spiro atoms. The van der Waals surface area contributed by atoms with Gasteiger partial charge in [-0.2, -0.15) is 0 Å². The smallest absolute Gasteiger partial charge is 0.0405 e. The summed E-state index contributed by atoms with van der Waals surface area (Å²) < 4.78 is 2.07. The summed E-state index contributed by atoms with van der Waals surface area (Å²) >= 11 is 6.80. The lowest BCUT2D eigenvalue weighted by Gasteiger charge is -2.06. The summed E-state index contributed by atoms with van der Waals surface area (Å²) in [5.74, 6) is 0. The molecule has 2 aromatic rings. The number of nitrogens with two attached hydrogens (primary N) is 1. The predicted molar refractivity (Wildman–Crippen MR) is 71.7 cm³/mol. The van der Waals surface area contributed by atoms with Gasteiger partial charge in [0.15, 0.2) is 0 Å². The highest BCUT2D eigenvalue weighted by Crippen LogP contribution is 2.29. The molecule has 0 heterocycles. The van der Waals surface area contributed by atoms with Crippen molar-refractivity contribution in [2.45, 2.75) is 0 Å². The van der Waals surface area contributed by atoms with E-state index in [4.69, 9.17) is 5.73 Å². The molecule has 0 aliphatic heterocycles. The molecule has 0 fully saturated rings. The molecule has 0 atom stereocenters. The third-order valence-corrected chi connectivity index (χ3v) is 3.19. The van der Waals surface area contributed by atoms with Crippen molar-refractivity contribution in [3.05, 3.63) is 51.4 Å². The molecule has 0 saturated heterocycles. The van der Waals surface area contributed by atoms with E-state index in [1.165, 1.54) is 0 Å². The largest absolute Gasteiger partial charge is 0.398 e. The minimum atomic E-state index is 0.784. The molecule has 0 radical (unpaired) electrons. The highest BCUT2D eigenvalue weighted by atomic mass is 79.9. The van der Waals surface area contributed by atoms with Gasteiger partial charge in [-0.25, -0.2) is 0 Å². The van der Waals surface area contributed by atoms with Crippen molar-refractivity contribution < 1.29 is 0 Å². The van der Waals surface area contributed by atoms with Gasteiger partial charge >= 0.3 is 0 Å². The van der Waals surface area contributed by atoms with Gasteiger partial charge in [0, 0.05) is 20.2 Å². The van der Waals surface area contributed by atoms with Crippen molar-refractivity contribution in [1.29, 1.82) is 0 Å². The average molecular weight is 327 g/mol. The van der Waals surface area contributed by atoms with Gasteiger partial charge in [-0.05, 0) is 29.8 Å². The van der Waals surface area contributed by atoms with E-state index in [1.54, 1.807) is 0 Å². The van der Waals surface area contributed by atoms with Crippen LogP contribution in [0.1, 0.15) is 0 Å². The summed E-state index contributed by atoms with van der Waals surface area (Å²) in [5, 5.41) is 0. The number of hydrogen-bond acceptors (Lipinski definition) is 1. The van der Waals surface area contributed by atoms with Crippen LogP contribution < -0.4 is 5.73 Å². The van der Waals surface area contributed by atoms with Crippen molar-refractivity contribution in [3.8, 4) is 11.1 Å². The molecule has 0 aliphatic carbocycles. The Kier molecular flexibility index (Phi) is 3.12. The van der Waals surface area contributed by atoms with Crippen molar-refractivity contribution in [1.82, 2.24) is 0 Å². The van der Waals surface area contributed by atoms with Crippen LogP contribution in [0.25, 0.3) is 11.1 Å². The van der Waals surface area contributed by atoms with Crippen molar-refractivity contribution >= 4 is 37.5 Å². The van der Waals surface area contributed by atoms with Gasteiger partial charge in [0.25, 0.3) is 0 Å². The Labute approximate surface area is 106 Å². The third-order valence-electron chi connectivity index (χ3n) is 2.17. The molecule has 0 aliphatic rings. The molecule has 15 heavy (non-hydrogen) atoms. The van der Waals surface area contributed by atoms with Crippen molar-refractivity contribution in [3.63, 3.8) is 0 Å². The lowest BCUT2D eigenvalue weighted by atomic mass is 10.0. The van der Waals surface area contributed by atoms with Crippen LogP contribution in [-0.4, -0.2) is 0 Å². The quantitative estimate of drug-likeness (QED) is 0.769. The zero-order valence-corrected chi connectivity index (χ0v) is 11.0. The SMILES string of the molecule is Nc1cc(Br)ccc1-c1ccc(Br)cc1. The fraction of sp³-hybridized carbons (Fsp3) is 0. The second-order valence-corrected chi connectivity index (χ2v) is 5.07. The van der Waals surface area contributed by atoms with Crippen LogP contribution in [0, 0.1) is 0 Å². The lowest BCUT2D eigenvalue weighted by molar-refractivity contribution is 1.57. The van der Waals surface area contributed by atoms with Gasteiger partial charge in [0.1, 0.15) is 0 Å². The first-order valence-electron chi connectivity index (χ1n) is 4.48. The topological polar surface area (TPSA) is 26.0 Å². The molecule has 0 unspecified atom stereocenters. The first kappa shape index (κ1) is 10.7. The fourth-order valence-corrected chi connectivity index (χ4v) is 2.07. The van der Waals surface area contributed by atoms with E-state index in [-0.39, 0.29) is 0 Å². The molecule has 0 bridgehead atoms. The third kappa shape index (κ3) is 2.41. The fourth-order valence-electron chi connectivity index (χ4n) is 1.43. The highest BCUT2D eigenvalue weighted by Gasteiger charge is 2.02.